The van der Waals surface area contributed by atoms with Crippen molar-refractivity contribution in [2.75, 3.05) is 12.0 Å². The second kappa shape index (κ2) is 7.05. The van der Waals surface area contributed by atoms with Crippen LogP contribution in [0.25, 0.3) is 0 Å². The van der Waals surface area contributed by atoms with Gasteiger partial charge >= 0.3 is 0 Å². The zero-order valence-corrected chi connectivity index (χ0v) is 10.4. The molecule has 0 saturated carbocycles. The molecule has 0 fully saturated rings. The van der Waals surface area contributed by atoms with Crippen LogP contribution in [0.1, 0.15) is 5.56 Å². The highest BCUT2D eigenvalue weighted by molar-refractivity contribution is 5.82. The van der Waals surface area contributed by atoms with E-state index < -0.39 is 30.8 Å². The third-order valence-electron chi connectivity index (χ3n) is 2.56. The Morgan fingerprint density at radius 2 is 1.79 bits per heavy atom. The van der Waals surface area contributed by atoms with Crippen molar-refractivity contribution in [1.82, 2.24) is 5.43 Å². The highest BCUT2D eigenvalue weighted by Gasteiger charge is 2.29. The van der Waals surface area contributed by atoms with E-state index >= 15 is 0 Å². The van der Waals surface area contributed by atoms with E-state index in [0.717, 1.165) is 5.56 Å². The molecule has 0 aromatic heterocycles. The molecule has 7 heteroatoms. The van der Waals surface area contributed by atoms with Crippen LogP contribution in [0.5, 0.6) is 0 Å². The number of hydrogen-bond acceptors (Lipinski definition) is 6. The molecule has 0 heterocycles. The van der Waals surface area contributed by atoms with Crippen LogP contribution in [0.4, 0.5) is 5.69 Å². The topological polar surface area (TPSA) is 122 Å². The maximum atomic E-state index is 11.5. The van der Waals surface area contributed by atoms with Crippen molar-refractivity contribution >= 4 is 11.6 Å². The molecule has 0 aliphatic carbocycles. The van der Waals surface area contributed by atoms with Crippen molar-refractivity contribution in [1.29, 1.82) is 0 Å². The third kappa shape index (κ3) is 4.49. The molecule has 19 heavy (non-hydrogen) atoms. The van der Waals surface area contributed by atoms with Gasteiger partial charge < -0.3 is 20.4 Å². The van der Waals surface area contributed by atoms with Crippen LogP contribution in [0.2, 0.25) is 0 Å². The van der Waals surface area contributed by atoms with Crippen LogP contribution < -0.4 is 10.9 Å². The minimum atomic E-state index is -1.85. The summed E-state index contributed by atoms with van der Waals surface area (Å²) in [5.41, 5.74) is 6.39. The molecule has 6 N–H and O–H groups in total. The van der Waals surface area contributed by atoms with Crippen LogP contribution >= 0.6 is 0 Å². The number of amides is 1. The van der Waals surface area contributed by atoms with Gasteiger partial charge in [-0.1, -0.05) is 17.7 Å². The standard InChI is InChI=1S/C12H18N2O5/c1-7-2-4-8(5-3-7)13-14-12(19)11(18)10(17)9(16)6-15/h2-5,9-11,13,15-18H,6H2,1H3,(H,14,19)/t9-,10+,11+/m1/s1. The molecule has 0 spiro atoms. The number of rotatable bonds is 6. The van der Waals surface area contributed by atoms with Crippen LogP contribution in [0.3, 0.4) is 0 Å². The van der Waals surface area contributed by atoms with Gasteiger partial charge in [0, 0.05) is 0 Å². The largest absolute Gasteiger partial charge is 0.394 e. The van der Waals surface area contributed by atoms with E-state index in [1.54, 1.807) is 12.1 Å². The summed E-state index contributed by atoms with van der Waals surface area (Å²) in [4.78, 5) is 11.5. The molecule has 1 aromatic carbocycles. The van der Waals surface area contributed by atoms with Crippen molar-refractivity contribution in [2.24, 2.45) is 0 Å². The Morgan fingerprint density at radius 1 is 1.21 bits per heavy atom. The molecule has 3 atom stereocenters. The summed E-state index contributed by atoms with van der Waals surface area (Å²) in [6.45, 7) is 1.16. The molecule has 0 aliphatic rings. The highest BCUT2D eigenvalue weighted by atomic mass is 16.4. The lowest BCUT2D eigenvalue weighted by molar-refractivity contribution is -0.141. The third-order valence-corrected chi connectivity index (χ3v) is 2.56. The molecule has 7 nitrogen and oxygen atoms in total. The summed E-state index contributed by atoms with van der Waals surface area (Å²) in [6, 6.07) is 7.10. The number of aliphatic hydroxyl groups is 4. The molecule has 106 valence electrons. The Hall–Kier alpha value is -1.67. The van der Waals surface area contributed by atoms with Crippen LogP contribution in [-0.2, 0) is 4.79 Å². The average Bonchev–Trinajstić information content (AvgIpc) is 2.43. The first-order valence-corrected chi connectivity index (χ1v) is 5.73. The number of anilines is 1. The predicted octanol–water partition coefficient (Wildman–Crippen LogP) is -1.49. The van der Waals surface area contributed by atoms with Crippen molar-refractivity contribution in [2.45, 2.75) is 25.2 Å². The van der Waals surface area contributed by atoms with Crippen LogP contribution in [0.15, 0.2) is 24.3 Å². The molecule has 0 unspecified atom stereocenters. The zero-order chi connectivity index (χ0) is 14.4. The van der Waals surface area contributed by atoms with Crippen molar-refractivity contribution in [3.05, 3.63) is 29.8 Å². The number of aryl methyl sites for hydroxylation is 1. The van der Waals surface area contributed by atoms with Crippen LogP contribution in [-0.4, -0.2) is 51.3 Å². The van der Waals surface area contributed by atoms with Crippen molar-refractivity contribution < 1.29 is 25.2 Å². The SMILES string of the molecule is Cc1ccc(NNC(=O)[C@@H](O)[C@@H](O)[C@H](O)CO)cc1. The first-order valence-electron chi connectivity index (χ1n) is 5.73. The number of hydrazine groups is 1. The summed E-state index contributed by atoms with van der Waals surface area (Å²) >= 11 is 0. The van der Waals surface area contributed by atoms with E-state index in [2.05, 4.69) is 10.9 Å². The molecule has 1 amide bonds. The summed E-state index contributed by atoms with van der Waals surface area (Å²) in [5.74, 6) is -0.916. The highest BCUT2D eigenvalue weighted by Crippen LogP contribution is 2.07. The first kappa shape index (κ1) is 15.4. The Balaban J connectivity index is 2.48. The predicted molar refractivity (Wildman–Crippen MR) is 68.1 cm³/mol. The van der Waals surface area contributed by atoms with E-state index in [1.165, 1.54) is 0 Å². The summed E-state index contributed by atoms with van der Waals surface area (Å²) in [6.07, 6.45) is -5.19. The molecule has 0 aliphatic heterocycles. The van der Waals surface area contributed by atoms with Gasteiger partial charge in [-0.15, -0.1) is 0 Å². The fraction of sp³-hybridized carbons (Fsp3) is 0.417. The van der Waals surface area contributed by atoms with E-state index in [4.69, 9.17) is 10.2 Å². The number of aliphatic hydroxyl groups excluding tert-OH is 4. The maximum absolute atomic E-state index is 11.5. The average molecular weight is 270 g/mol. The maximum Gasteiger partial charge on any atom is 0.269 e. The van der Waals surface area contributed by atoms with Crippen molar-refractivity contribution in [3.63, 3.8) is 0 Å². The Morgan fingerprint density at radius 3 is 2.32 bits per heavy atom. The number of benzene rings is 1. The molecular weight excluding hydrogens is 252 g/mol. The van der Waals surface area contributed by atoms with Gasteiger partial charge in [-0.2, -0.15) is 0 Å². The van der Waals surface area contributed by atoms with Crippen molar-refractivity contribution in [3.8, 4) is 0 Å². The lowest BCUT2D eigenvalue weighted by Crippen LogP contribution is -2.49. The van der Waals surface area contributed by atoms with E-state index in [0.29, 0.717) is 5.69 Å². The number of carbonyl (C=O) groups excluding carboxylic acids is 1. The van der Waals surface area contributed by atoms with Crippen LogP contribution in [0, 0.1) is 6.92 Å². The smallest absolute Gasteiger partial charge is 0.269 e. The minimum Gasteiger partial charge on any atom is -0.394 e. The number of carbonyl (C=O) groups is 1. The number of hydrogen-bond donors (Lipinski definition) is 6. The van der Waals surface area contributed by atoms with E-state index in [1.807, 2.05) is 19.1 Å². The lowest BCUT2D eigenvalue weighted by atomic mass is 10.1. The van der Waals surface area contributed by atoms with Gasteiger partial charge in [-0.3, -0.25) is 15.6 Å². The van der Waals surface area contributed by atoms with Gasteiger partial charge in [0.1, 0.15) is 12.2 Å². The lowest BCUT2D eigenvalue weighted by Gasteiger charge is -2.21. The van der Waals surface area contributed by atoms with Gasteiger partial charge in [0.05, 0.1) is 12.3 Å². The Bertz CT molecular complexity index is 409. The normalized spacial score (nSPS) is 15.4. The molecule has 0 radical (unpaired) electrons. The summed E-state index contributed by atoms with van der Waals surface area (Å²) < 4.78 is 0. The fourth-order valence-corrected chi connectivity index (χ4v) is 1.32. The van der Waals surface area contributed by atoms with Gasteiger partial charge in [-0.05, 0) is 19.1 Å². The molecule has 1 aromatic rings. The zero-order valence-electron chi connectivity index (χ0n) is 10.4. The summed E-state index contributed by atoms with van der Waals surface area (Å²) in [5, 5.41) is 36.5. The Kier molecular flexibility index (Phi) is 5.71. The first-order chi connectivity index (χ1) is 8.95. The van der Waals surface area contributed by atoms with Gasteiger partial charge in [0.2, 0.25) is 0 Å². The van der Waals surface area contributed by atoms with E-state index in [-0.39, 0.29) is 0 Å². The second-order valence-electron chi connectivity index (χ2n) is 4.17. The second-order valence-corrected chi connectivity index (χ2v) is 4.17. The molecular formula is C12H18N2O5. The van der Waals surface area contributed by atoms with Gasteiger partial charge in [0.15, 0.2) is 6.10 Å². The van der Waals surface area contributed by atoms with E-state index in [9.17, 15) is 15.0 Å². The molecule has 0 saturated heterocycles. The fourth-order valence-electron chi connectivity index (χ4n) is 1.32. The minimum absolute atomic E-state index is 0.600. The quantitative estimate of drug-likeness (QED) is 0.350. The van der Waals surface area contributed by atoms with Gasteiger partial charge in [-0.25, -0.2) is 0 Å². The molecule has 1 rings (SSSR count). The molecule has 0 bridgehead atoms. The monoisotopic (exact) mass is 270 g/mol. The van der Waals surface area contributed by atoms with Gasteiger partial charge in [0.25, 0.3) is 5.91 Å². The Labute approximate surface area is 110 Å². The summed E-state index contributed by atoms with van der Waals surface area (Å²) in [7, 11) is 0. The number of nitrogens with one attached hydrogen (secondary N) is 2.